The third kappa shape index (κ3) is 2.21. The predicted molar refractivity (Wildman–Crippen MR) is 85.6 cm³/mol. The highest BCUT2D eigenvalue weighted by molar-refractivity contribution is 7.11. The number of hydrogen-bond donors (Lipinski definition) is 1. The van der Waals surface area contributed by atoms with Crippen LogP contribution in [0.15, 0.2) is 24.3 Å². The van der Waals surface area contributed by atoms with Gasteiger partial charge >= 0.3 is 0 Å². The van der Waals surface area contributed by atoms with Crippen LogP contribution in [0, 0.1) is 5.92 Å². The van der Waals surface area contributed by atoms with Crippen LogP contribution in [0.2, 0.25) is 0 Å². The van der Waals surface area contributed by atoms with Gasteiger partial charge in [-0.1, -0.05) is 12.1 Å². The fraction of sp³-hybridized carbons (Fsp3) is 0.562. The van der Waals surface area contributed by atoms with E-state index in [4.69, 9.17) is 0 Å². The van der Waals surface area contributed by atoms with Crippen molar-refractivity contribution < 1.29 is 0 Å². The molecule has 0 spiro atoms. The van der Waals surface area contributed by atoms with E-state index in [2.05, 4.69) is 38.9 Å². The Morgan fingerprint density at radius 2 is 2.00 bits per heavy atom. The predicted octanol–water partition coefficient (Wildman–Crippen LogP) is 3.26. The average molecular weight is 287 g/mol. The molecule has 1 aromatic heterocycles. The maximum Gasteiger partial charge on any atom is 0.119 e. The highest BCUT2D eigenvalue weighted by atomic mass is 32.1. The molecule has 3 heterocycles. The lowest BCUT2D eigenvalue weighted by Crippen LogP contribution is -2.40. The lowest BCUT2D eigenvalue weighted by Gasteiger charge is -2.35. The van der Waals surface area contributed by atoms with E-state index in [0.29, 0.717) is 0 Å². The summed E-state index contributed by atoms with van der Waals surface area (Å²) in [6, 6.07) is 9.30. The van der Waals surface area contributed by atoms with Crippen molar-refractivity contribution in [1.82, 2.24) is 9.69 Å². The van der Waals surface area contributed by atoms with Crippen LogP contribution in [0.3, 0.4) is 0 Å². The number of hydrogen-bond acceptors (Lipinski definition) is 4. The molecule has 2 saturated heterocycles. The van der Waals surface area contributed by atoms with Crippen molar-refractivity contribution in [3.8, 4) is 0 Å². The van der Waals surface area contributed by atoms with Gasteiger partial charge < -0.3 is 10.2 Å². The molecule has 0 radical (unpaired) electrons. The van der Waals surface area contributed by atoms with Gasteiger partial charge in [-0.05, 0) is 61.8 Å². The summed E-state index contributed by atoms with van der Waals surface area (Å²) in [7, 11) is 0. The molecule has 2 aliphatic rings. The van der Waals surface area contributed by atoms with Crippen molar-refractivity contribution in [3.05, 3.63) is 24.3 Å². The van der Waals surface area contributed by atoms with Gasteiger partial charge in [0.15, 0.2) is 0 Å². The maximum atomic E-state index is 4.58. The van der Waals surface area contributed by atoms with Crippen molar-refractivity contribution in [2.24, 2.45) is 5.92 Å². The smallest absolute Gasteiger partial charge is 0.119 e. The molecule has 20 heavy (non-hydrogen) atoms. The van der Waals surface area contributed by atoms with Gasteiger partial charge in [-0.15, -0.1) is 0 Å². The molecule has 0 aliphatic carbocycles. The lowest BCUT2D eigenvalue weighted by molar-refractivity contribution is 0.320. The zero-order chi connectivity index (χ0) is 13.4. The molecule has 3 nitrogen and oxygen atoms in total. The molecule has 2 aromatic rings. The van der Waals surface area contributed by atoms with E-state index in [-0.39, 0.29) is 0 Å². The molecular weight excluding hydrogens is 266 g/mol. The van der Waals surface area contributed by atoms with Crippen LogP contribution in [-0.2, 0) is 0 Å². The quantitative estimate of drug-likeness (QED) is 0.919. The van der Waals surface area contributed by atoms with Crippen LogP contribution in [0.25, 0.3) is 10.9 Å². The molecule has 4 rings (SSSR count). The number of piperidine rings is 1. The first-order valence-electron chi connectivity index (χ1n) is 7.74. The Kier molecular flexibility index (Phi) is 3.36. The summed E-state index contributed by atoms with van der Waals surface area (Å²) in [5.74, 6) is 0.882. The molecule has 0 bridgehead atoms. The monoisotopic (exact) mass is 287 g/mol. The molecule has 0 amide bonds. The number of rotatable bonds is 2. The van der Waals surface area contributed by atoms with Gasteiger partial charge in [0.2, 0.25) is 0 Å². The lowest BCUT2D eigenvalue weighted by atomic mass is 9.88. The Morgan fingerprint density at radius 1 is 1.15 bits per heavy atom. The second-order valence-corrected chi connectivity index (χ2v) is 6.78. The summed E-state index contributed by atoms with van der Waals surface area (Å²) in [5.41, 5.74) is 1.15. The number of aromatic nitrogens is 1. The SMILES string of the molecule is c1ccc2c(N3CCC(C4CCCN4)CC3)snc2c1. The minimum atomic E-state index is 0.787. The van der Waals surface area contributed by atoms with Gasteiger partial charge in [0.1, 0.15) is 5.00 Å². The number of anilines is 1. The van der Waals surface area contributed by atoms with Crippen LogP contribution < -0.4 is 10.2 Å². The van der Waals surface area contributed by atoms with Crippen LogP contribution >= 0.6 is 11.5 Å². The standard InChI is InChI=1S/C16H21N3S/c1-2-5-15-13(4-1)16(20-18-15)19-10-7-12(8-11-19)14-6-3-9-17-14/h1-2,4-5,12,14,17H,3,6-11H2. The van der Waals surface area contributed by atoms with Crippen molar-refractivity contribution >= 4 is 27.4 Å². The van der Waals surface area contributed by atoms with Crippen LogP contribution in [0.1, 0.15) is 25.7 Å². The number of fused-ring (bicyclic) bond motifs is 1. The first kappa shape index (κ1) is 12.6. The van der Waals surface area contributed by atoms with E-state index in [9.17, 15) is 0 Å². The number of nitrogens with zero attached hydrogens (tertiary/aromatic N) is 2. The van der Waals surface area contributed by atoms with Crippen molar-refractivity contribution in [2.75, 3.05) is 24.5 Å². The van der Waals surface area contributed by atoms with E-state index in [1.54, 1.807) is 11.5 Å². The zero-order valence-electron chi connectivity index (χ0n) is 11.7. The molecular formula is C16H21N3S. The van der Waals surface area contributed by atoms with Gasteiger partial charge in [0.05, 0.1) is 5.52 Å². The maximum absolute atomic E-state index is 4.58. The second kappa shape index (κ2) is 5.34. The Morgan fingerprint density at radius 3 is 2.80 bits per heavy atom. The minimum Gasteiger partial charge on any atom is -0.362 e. The molecule has 106 valence electrons. The van der Waals surface area contributed by atoms with Crippen LogP contribution in [-0.4, -0.2) is 30.0 Å². The Hall–Kier alpha value is -1.13. The highest BCUT2D eigenvalue weighted by Crippen LogP contribution is 2.35. The third-order valence-electron chi connectivity index (χ3n) is 4.86. The second-order valence-electron chi connectivity index (χ2n) is 6.03. The molecule has 1 unspecified atom stereocenters. The molecule has 2 fully saturated rings. The summed E-state index contributed by atoms with van der Waals surface area (Å²) in [6.45, 7) is 3.61. The molecule has 1 N–H and O–H groups in total. The van der Waals surface area contributed by atoms with Gasteiger partial charge in [0.25, 0.3) is 0 Å². The van der Waals surface area contributed by atoms with Gasteiger partial charge in [0, 0.05) is 24.5 Å². The zero-order valence-corrected chi connectivity index (χ0v) is 12.5. The van der Waals surface area contributed by atoms with E-state index < -0.39 is 0 Å². The Bertz CT molecular complexity index is 580. The van der Waals surface area contributed by atoms with Gasteiger partial charge in [-0.3, -0.25) is 0 Å². The molecule has 1 atom stereocenters. The van der Waals surface area contributed by atoms with E-state index in [1.165, 1.54) is 55.7 Å². The van der Waals surface area contributed by atoms with Gasteiger partial charge in [-0.2, -0.15) is 4.37 Å². The summed E-state index contributed by atoms with van der Waals surface area (Å²) < 4.78 is 4.58. The summed E-state index contributed by atoms with van der Waals surface area (Å²) in [4.78, 5) is 2.55. The van der Waals surface area contributed by atoms with Crippen molar-refractivity contribution in [3.63, 3.8) is 0 Å². The fourth-order valence-electron chi connectivity index (χ4n) is 3.72. The topological polar surface area (TPSA) is 28.2 Å². The summed E-state index contributed by atoms with van der Waals surface area (Å²) in [6.07, 6.45) is 5.40. The normalized spacial score (nSPS) is 24.6. The fourth-order valence-corrected chi connectivity index (χ4v) is 4.64. The first-order chi connectivity index (χ1) is 9.92. The van der Waals surface area contributed by atoms with Crippen molar-refractivity contribution in [1.29, 1.82) is 0 Å². The largest absolute Gasteiger partial charge is 0.362 e. The Balaban J connectivity index is 1.48. The average Bonchev–Trinajstić information content (AvgIpc) is 3.17. The third-order valence-corrected chi connectivity index (χ3v) is 5.80. The van der Waals surface area contributed by atoms with E-state index in [0.717, 1.165) is 17.5 Å². The first-order valence-corrected chi connectivity index (χ1v) is 8.52. The number of nitrogens with one attached hydrogen (secondary N) is 1. The van der Waals surface area contributed by atoms with Crippen LogP contribution in [0.5, 0.6) is 0 Å². The Labute approximate surface area is 124 Å². The van der Waals surface area contributed by atoms with Crippen LogP contribution in [0.4, 0.5) is 5.00 Å². The highest BCUT2D eigenvalue weighted by Gasteiger charge is 2.29. The van der Waals surface area contributed by atoms with Crippen molar-refractivity contribution in [2.45, 2.75) is 31.7 Å². The summed E-state index contributed by atoms with van der Waals surface area (Å²) in [5, 5.41) is 6.38. The summed E-state index contributed by atoms with van der Waals surface area (Å²) >= 11 is 1.66. The minimum absolute atomic E-state index is 0.787. The molecule has 4 heteroatoms. The molecule has 0 saturated carbocycles. The van der Waals surface area contributed by atoms with E-state index in [1.807, 2.05) is 0 Å². The van der Waals surface area contributed by atoms with E-state index >= 15 is 0 Å². The molecule has 1 aromatic carbocycles. The molecule has 2 aliphatic heterocycles. The van der Waals surface area contributed by atoms with Gasteiger partial charge in [-0.25, -0.2) is 0 Å². The number of benzene rings is 1.